The minimum atomic E-state index is -3.68. The molecule has 7 aliphatic heterocycles. The topological polar surface area (TPSA) is 271 Å². The van der Waals surface area contributed by atoms with Gasteiger partial charge in [0, 0.05) is 131 Å². The van der Waals surface area contributed by atoms with Crippen molar-refractivity contribution < 1.29 is 101 Å². The summed E-state index contributed by atoms with van der Waals surface area (Å²) in [6.45, 7) is 16.6. The summed E-state index contributed by atoms with van der Waals surface area (Å²) < 4.78 is 217. The largest absolute Gasteiger partial charge is 0.373 e. The molecule has 85 heavy (non-hydrogen) atoms. The van der Waals surface area contributed by atoms with Crippen LogP contribution in [0.2, 0.25) is 0 Å². The highest BCUT2D eigenvalue weighted by atomic mass is 31.2. The van der Waals surface area contributed by atoms with Crippen LogP contribution in [0.4, 0.5) is 0 Å². The van der Waals surface area contributed by atoms with Gasteiger partial charge in [-0.15, -0.1) is 0 Å². The van der Waals surface area contributed by atoms with Gasteiger partial charge in [0.2, 0.25) is 7.37 Å². The van der Waals surface area contributed by atoms with Crippen LogP contribution in [0.1, 0.15) is 44.6 Å². The van der Waals surface area contributed by atoms with Crippen molar-refractivity contribution in [3.63, 3.8) is 0 Å². The minimum absolute atomic E-state index is 0.0126. The third-order valence-corrected chi connectivity index (χ3v) is 30.5. The van der Waals surface area contributed by atoms with Gasteiger partial charge in [0.1, 0.15) is 0 Å². The number of morpholine rings is 6. The highest BCUT2D eigenvalue weighted by Gasteiger charge is 2.44. The predicted molar refractivity (Wildman–Crippen MR) is 325 cm³/mol. The maximum Gasteiger partial charge on any atom is 0.269 e. The lowest BCUT2D eigenvalue weighted by Crippen LogP contribution is -2.48. The first-order valence-electron chi connectivity index (χ1n) is 31.0. The summed E-state index contributed by atoms with van der Waals surface area (Å²) >= 11 is 0. The van der Waals surface area contributed by atoms with Crippen LogP contribution < -0.4 is 0 Å². The third-order valence-electron chi connectivity index (χ3n) is 16.1. The van der Waals surface area contributed by atoms with Crippen LogP contribution in [0, 0.1) is 0 Å². The Hall–Kier alpha value is 0.770. The third kappa shape index (κ3) is 21.9. The van der Waals surface area contributed by atoms with E-state index in [0.29, 0.717) is 19.5 Å². The van der Waals surface area contributed by atoms with Crippen LogP contribution in [0.15, 0.2) is 0 Å². The van der Waals surface area contributed by atoms with E-state index in [4.69, 9.17) is 68.9 Å². The quantitative estimate of drug-likeness (QED) is 0.0762. The molecule has 7 fully saturated rings. The summed E-state index contributed by atoms with van der Waals surface area (Å²) in [5.74, 6) is 0. The zero-order valence-electron chi connectivity index (χ0n) is 55.3. The molecule has 7 heterocycles. The monoisotopic (exact) mass is 1360 g/mol. The van der Waals surface area contributed by atoms with Crippen molar-refractivity contribution in [2.75, 3.05) is 212 Å². The van der Waals surface area contributed by atoms with Gasteiger partial charge in [-0.3, -0.25) is 32.0 Å². The maximum absolute atomic E-state index is 14.3. The summed E-state index contributed by atoms with van der Waals surface area (Å²) in [5.41, 5.74) is -0.447. The van der Waals surface area contributed by atoms with Gasteiger partial charge in [0.25, 0.3) is 45.1 Å². The van der Waals surface area contributed by atoms with Gasteiger partial charge >= 0.3 is 0 Å². The van der Waals surface area contributed by atoms with E-state index in [0.717, 1.165) is 6.54 Å². The lowest BCUT2D eigenvalue weighted by molar-refractivity contribution is -0.0865. The number of hydrogen-bond acceptors (Lipinski definition) is 22. The van der Waals surface area contributed by atoms with Crippen LogP contribution in [0.3, 0.4) is 0 Å². The first-order chi connectivity index (χ1) is 40.8. The molecule has 0 spiro atoms. The van der Waals surface area contributed by atoms with Crippen molar-refractivity contribution in [1.82, 2.24) is 32.9 Å². The summed E-state index contributed by atoms with van der Waals surface area (Å²) in [6.07, 6.45) is -4.63. The van der Waals surface area contributed by atoms with Crippen LogP contribution in [0.25, 0.3) is 0 Å². The number of ether oxygens (including phenoxy) is 7. The van der Waals surface area contributed by atoms with Gasteiger partial charge in [0.05, 0.1) is 137 Å². The molecule has 0 amide bonds. The zero-order chi connectivity index (χ0) is 65.0. The lowest BCUT2D eigenvalue weighted by Gasteiger charge is -2.42. The fraction of sp³-hybridized carbons (Fsp3) is 1.00. The Morgan fingerprint density at radius 2 is 0.718 bits per heavy atom. The Morgan fingerprint density at radius 3 is 1.12 bits per heavy atom. The molecule has 35 heteroatoms. The van der Waals surface area contributed by atoms with E-state index < -0.39 is 115 Å². The fourth-order valence-electron chi connectivity index (χ4n) is 11.1. The molecule has 0 aliphatic carbocycles. The Kier molecular flexibility index (Phi) is 25.3. The molecule has 0 radical (unpaired) electrons. The second kappa shape index (κ2) is 31.3. The molecule has 0 saturated carbocycles. The van der Waals surface area contributed by atoms with E-state index in [1.165, 1.54) is 54.0 Å². The standard InChI is InChI=1S/C50H102N7O21P7/c1-39-21-50(79(8,58)68-33-44-27-53(15-18-65-44)83(12,62)73-36-47-26-52(7)23-40(2)76-47)22-43(75-39)32-70-81(10,60)54-16-19-66-45(28-54)34-71-82(11,61)55-17-20-67-46(29-55)35-72-84(13,63)56-24-42(4)78-49(31-56)38-74-85(14,64)57-25-41(3)77-48(30-57)37-69-80(9,59)51(5)6/h39-50H,15-38H2,1-14H3/t39-,40-,41-,42-,43-,44-,45-,46-,47-,48-,49-,50?,79?,80?,81?,82?,83?,84?,85?/m0/s1/i18T,19T,20T/t18-,19+,20+,39-,40-,41-,42-,43-,44-,45-,46-,47-,48-,49-,50?,79?,80?,81?,82?,83?,84?,85?. The van der Waals surface area contributed by atoms with Crippen LogP contribution in [0.5, 0.6) is 0 Å². The number of hydrogen-bond donors (Lipinski definition) is 0. The first-order valence-corrected chi connectivity index (χ1v) is 43.6. The SMILES string of the molecule is [3H][C@@H]1CN(P(C)(=O)OC[C@@H]2CN(P(C)(=O)OC[C@@H]3CC(P(C)(=O)OC[C@@H]4CN(P(C)(=O)OC[C@@H]5CN(C)C[C@H](C)O5)C[C@H]([3H])O4)C[C@H](C)O3)C[C@@H]([3H])O2)C[C@@H](COP(C)(=O)N2C[C@@H](COP(C)(=O)N3C[C@@H](COP(C)(=O)N(C)C)O[C@@H](C)C3)O[C@@H](C)C2)O1. The van der Waals surface area contributed by atoms with Gasteiger partial charge in [-0.05, 0) is 61.7 Å². The number of likely N-dealkylation sites (N-methyl/N-ethyl adjacent to an activating group) is 1. The smallest absolute Gasteiger partial charge is 0.269 e. The van der Waals surface area contributed by atoms with Crippen molar-refractivity contribution in [2.45, 2.75) is 113 Å². The fourth-order valence-corrected chi connectivity index (χ4v) is 21.3. The first kappa shape index (κ1) is 68.6. The molecule has 0 bridgehead atoms. The highest BCUT2D eigenvalue weighted by Crippen LogP contribution is 2.57. The van der Waals surface area contributed by atoms with Crippen molar-refractivity contribution in [2.24, 2.45) is 0 Å². The summed E-state index contributed by atoms with van der Waals surface area (Å²) in [7, 11) is -18.6. The molecule has 7 aliphatic rings. The van der Waals surface area contributed by atoms with E-state index >= 15 is 0 Å². The van der Waals surface area contributed by atoms with E-state index in [9.17, 15) is 32.0 Å². The molecule has 7 saturated heterocycles. The van der Waals surface area contributed by atoms with Crippen LogP contribution >= 0.6 is 52.5 Å². The Balaban J connectivity index is 0.844. The lowest BCUT2D eigenvalue weighted by atomic mass is 10.1. The van der Waals surface area contributed by atoms with Gasteiger partial charge in [0.15, 0.2) is 0 Å². The molecule has 8 unspecified atom stereocenters. The van der Waals surface area contributed by atoms with Gasteiger partial charge < -0.3 is 69.7 Å². The van der Waals surface area contributed by atoms with Crippen LogP contribution in [-0.4, -0.2) is 318 Å². The van der Waals surface area contributed by atoms with Crippen LogP contribution in [-0.2, 0) is 96.8 Å². The summed E-state index contributed by atoms with van der Waals surface area (Å²) in [6, 6.07) is 0. The number of rotatable bonds is 28. The van der Waals surface area contributed by atoms with E-state index in [1.807, 2.05) is 34.7 Å². The molecule has 0 aromatic carbocycles. The molecule has 22 atom stereocenters. The normalized spacial score (nSPS) is 39.8. The average Bonchev–Trinajstić information content (AvgIpc) is 1.13. The Labute approximate surface area is 510 Å². The molecule has 7 rings (SSSR count). The Morgan fingerprint density at radius 1 is 0.400 bits per heavy atom. The van der Waals surface area contributed by atoms with Crippen molar-refractivity contribution in [3.05, 3.63) is 0 Å². The average molecular weight is 1360 g/mol. The maximum atomic E-state index is 14.3. The van der Waals surface area contributed by atoms with Gasteiger partial charge in [-0.1, -0.05) is 0 Å². The molecular formula is C50H102N7O21P7. The summed E-state index contributed by atoms with van der Waals surface area (Å²) in [5, 5.41) is 0. The molecular weight excluding hydrogens is 1250 g/mol. The van der Waals surface area contributed by atoms with E-state index in [1.54, 1.807) is 34.8 Å². The van der Waals surface area contributed by atoms with Crippen molar-refractivity contribution in [1.29, 1.82) is 0 Å². The van der Waals surface area contributed by atoms with Gasteiger partial charge in [-0.25, -0.2) is 28.0 Å². The van der Waals surface area contributed by atoms with E-state index in [2.05, 4.69) is 4.90 Å². The van der Waals surface area contributed by atoms with Gasteiger partial charge in [-0.2, -0.15) is 0 Å². The Bertz CT molecular complexity index is 2630. The molecule has 28 nitrogen and oxygen atoms in total. The highest BCUT2D eigenvalue weighted by molar-refractivity contribution is 7.59. The molecule has 0 aromatic rings. The van der Waals surface area contributed by atoms with Crippen molar-refractivity contribution in [3.8, 4) is 0 Å². The van der Waals surface area contributed by atoms with Crippen molar-refractivity contribution >= 4 is 52.5 Å². The predicted octanol–water partition coefficient (Wildman–Crippen LogP) is 6.45. The molecule has 498 valence electrons. The molecule has 0 aromatic heterocycles. The summed E-state index contributed by atoms with van der Waals surface area (Å²) in [4.78, 5) is 2.14. The van der Waals surface area contributed by atoms with E-state index in [-0.39, 0.29) is 142 Å². The number of nitrogens with zero attached hydrogens (tertiary/aromatic N) is 7. The second-order valence-corrected chi connectivity index (χ2v) is 42.0. The minimum Gasteiger partial charge on any atom is -0.373 e. The second-order valence-electron chi connectivity index (χ2n) is 24.4. The zero-order valence-corrected chi connectivity index (χ0v) is 58.6. The molecule has 0 N–H and O–H groups in total.